The van der Waals surface area contributed by atoms with E-state index in [4.69, 9.17) is 20.9 Å². The molecule has 1 aromatic rings. The molecule has 1 N–H and O–H groups in total. The van der Waals surface area contributed by atoms with E-state index in [0.717, 1.165) is 0 Å². The van der Waals surface area contributed by atoms with Crippen molar-refractivity contribution in [2.75, 3.05) is 0 Å². The van der Waals surface area contributed by atoms with Crippen molar-refractivity contribution >= 4 is 24.7 Å². The molecule has 2 rings (SSSR count). The lowest BCUT2D eigenvalue weighted by Gasteiger charge is -2.32. The van der Waals surface area contributed by atoms with E-state index in [-0.39, 0.29) is 11.4 Å². The van der Waals surface area contributed by atoms with Crippen LogP contribution in [0.2, 0.25) is 5.02 Å². The second-order valence-electron chi connectivity index (χ2n) is 6.50. The average Bonchev–Trinajstić information content (AvgIpc) is 2.59. The van der Waals surface area contributed by atoms with E-state index in [9.17, 15) is 14.3 Å². The molecule has 7 heteroatoms. The van der Waals surface area contributed by atoms with E-state index in [1.807, 2.05) is 27.7 Å². The molecule has 120 valence electrons. The third-order valence-corrected chi connectivity index (χ3v) is 4.66. The SMILES string of the molecule is CC1(C)OB(C(CC(=O)O)c2ccc(F)c(Cl)c2)OC1(C)C. The van der Waals surface area contributed by atoms with Crippen molar-refractivity contribution in [1.29, 1.82) is 0 Å². The first-order valence-corrected chi connectivity index (χ1v) is 7.44. The molecule has 1 unspecified atom stereocenters. The fraction of sp³-hybridized carbons (Fsp3) is 0.533. The number of hydrogen-bond acceptors (Lipinski definition) is 3. The van der Waals surface area contributed by atoms with Gasteiger partial charge in [0.05, 0.1) is 22.6 Å². The number of benzene rings is 1. The molecule has 0 spiro atoms. The second-order valence-corrected chi connectivity index (χ2v) is 6.91. The second kappa shape index (κ2) is 5.83. The summed E-state index contributed by atoms with van der Waals surface area (Å²) < 4.78 is 25.2. The first-order valence-electron chi connectivity index (χ1n) is 7.06. The lowest BCUT2D eigenvalue weighted by atomic mass is 9.66. The monoisotopic (exact) mass is 328 g/mol. The maximum atomic E-state index is 13.3. The molecule has 22 heavy (non-hydrogen) atoms. The van der Waals surface area contributed by atoms with Crippen molar-refractivity contribution in [2.45, 2.75) is 51.1 Å². The van der Waals surface area contributed by atoms with E-state index < -0.39 is 35.9 Å². The van der Waals surface area contributed by atoms with Gasteiger partial charge < -0.3 is 14.4 Å². The van der Waals surface area contributed by atoms with E-state index in [0.29, 0.717) is 5.56 Å². The Labute approximate surface area is 134 Å². The minimum atomic E-state index is -0.986. The Kier molecular flexibility index (Phi) is 4.57. The van der Waals surface area contributed by atoms with Crippen LogP contribution in [0.25, 0.3) is 0 Å². The largest absolute Gasteiger partial charge is 0.481 e. The summed E-state index contributed by atoms with van der Waals surface area (Å²) in [7, 11) is -0.734. The van der Waals surface area contributed by atoms with Crippen molar-refractivity contribution in [3.63, 3.8) is 0 Å². The molecule has 0 amide bonds. The summed E-state index contributed by atoms with van der Waals surface area (Å²) in [5.74, 6) is -2.11. The number of rotatable bonds is 4. The van der Waals surface area contributed by atoms with Gasteiger partial charge in [0.15, 0.2) is 0 Å². The number of carboxylic acids is 1. The van der Waals surface area contributed by atoms with Gasteiger partial charge in [-0.15, -0.1) is 0 Å². The molecule has 1 atom stereocenters. The van der Waals surface area contributed by atoms with E-state index in [1.165, 1.54) is 18.2 Å². The summed E-state index contributed by atoms with van der Waals surface area (Å²) in [5, 5.41) is 9.12. The first kappa shape index (κ1) is 17.3. The fourth-order valence-electron chi connectivity index (χ4n) is 2.36. The highest BCUT2D eigenvalue weighted by Crippen LogP contribution is 2.42. The summed E-state index contributed by atoms with van der Waals surface area (Å²) in [6.45, 7) is 7.57. The smallest absolute Gasteiger partial charge is 0.466 e. The van der Waals surface area contributed by atoms with Gasteiger partial charge in [-0.25, -0.2) is 4.39 Å². The molecule has 4 nitrogen and oxygen atoms in total. The lowest BCUT2D eigenvalue weighted by Crippen LogP contribution is -2.41. The van der Waals surface area contributed by atoms with Crippen LogP contribution in [0.4, 0.5) is 4.39 Å². The molecule has 0 bridgehead atoms. The van der Waals surface area contributed by atoms with E-state index in [1.54, 1.807) is 0 Å². The van der Waals surface area contributed by atoms with Crippen LogP contribution in [0.5, 0.6) is 0 Å². The highest BCUT2D eigenvalue weighted by Gasteiger charge is 2.54. The maximum absolute atomic E-state index is 13.3. The van der Waals surface area contributed by atoms with Gasteiger partial charge in [-0.05, 0) is 45.4 Å². The van der Waals surface area contributed by atoms with Crippen LogP contribution in [0.1, 0.15) is 45.5 Å². The molecule has 1 saturated heterocycles. The summed E-state index contributed by atoms with van der Waals surface area (Å²) in [6, 6.07) is 4.16. The van der Waals surface area contributed by atoms with Gasteiger partial charge >= 0.3 is 13.1 Å². The molecular weight excluding hydrogens is 309 g/mol. The Bertz CT molecular complexity index is 575. The highest BCUT2D eigenvalue weighted by atomic mass is 35.5. The lowest BCUT2D eigenvalue weighted by molar-refractivity contribution is -0.137. The predicted molar refractivity (Wildman–Crippen MR) is 82.5 cm³/mol. The van der Waals surface area contributed by atoms with Gasteiger partial charge in [0, 0.05) is 5.82 Å². The molecule has 0 aromatic heterocycles. The Morgan fingerprint density at radius 3 is 2.32 bits per heavy atom. The van der Waals surface area contributed by atoms with Gasteiger partial charge in [0.1, 0.15) is 5.82 Å². The zero-order valence-electron chi connectivity index (χ0n) is 13.0. The Balaban J connectivity index is 2.35. The summed E-state index contributed by atoms with van der Waals surface area (Å²) in [6.07, 6.45) is -0.196. The fourth-order valence-corrected chi connectivity index (χ4v) is 2.54. The Morgan fingerprint density at radius 1 is 1.32 bits per heavy atom. The van der Waals surface area contributed by atoms with Gasteiger partial charge in [0.2, 0.25) is 0 Å². The van der Waals surface area contributed by atoms with Gasteiger partial charge in [-0.1, -0.05) is 17.7 Å². The van der Waals surface area contributed by atoms with Crippen LogP contribution < -0.4 is 0 Å². The zero-order chi connectivity index (χ0) is 16.7. The van der Waals surface area contributed by atoms with Crippen LogP contribution in [0.15, 0.2) is 18.2 Å². The van der Waals surface area contributed by atoms with Gasteiger partial charge in [0.25, 0.3) is 0 Å². The van der Waals surface area contributed by atoms with Gasteiger partial charge in [-0.3, -0.25) is 4.79 Å². The minimum absolute atomic E-state index is 0.0515. The van der Waals surface area contributed by atoms with Crippen LogP contribution in [0.3, 0.4) is 0 Å². The topological polar surface area (TPSA) is 55.8 Å². The number of carbonyl (C=O) groups is 1. The third kappa shape index (κ3) is 3.29. The van der Waals surface area contributed by atoms with Crippen LogP contribution in [0, 0.1) is 5.82 Å². The Hall–Kier alpha value is -1.11. The predicted octanol–water partition coefficient (Wildman–Crippen LogP) is 3.67. The summed E-state index contributed by atoms with van der Waals surface area (Å²) in [4.78, 5) is 11.2. The Morgan fingerprint density at radius 2 is 1.86 bits per heavy atom. The third-order valence-electron chi connectivity index (χ3n) is 4.37. The standard InChI is InChI=1S/C15H19BClFO4/c1-14(2)15(3,4)22-16(21-14)10(8-13(19)20)9-5-6-12(18)11(17)7-9/h5-7,10H,8H2,1-4H3,(H,19,20). The number of hydrogen-bond donors (Lipinski definition) is 1. The van der Waals surface area contributed by atoms with Gasteiger partial charge in [-0.2, -0.15) is 0 Å². The molecule has 0 aliphatic carbocycles. The molecule has 0 radical (unpaired) electrons. The van der Waals surface area contributed by atoms with Crippen LogP contribution >= 0.6 is 11.6 Å². The summed E-state index contributed by atoms with van der Waals surface area (Å²) >= 11 is 5.81. The quantitative estimate of drug-likeness (QED) is 0.857. The molecule has 1 aromatic carbocycles. The van der Waals surface area contributed by atoms with Crippen molar-refractivity contribution in [3.05, 3.63) is 34.6 Å². The molecule has 1 fully saturated rings. The van der Waals surface area contributed by atoms with E-state index in [2.05, 4.69) is 0 Å². The van der Waals surface area contributed by atoms with Crippen molar-refractivity contribution in [1.82, 2.24) is 0 Å². The highest BCUT2D eigenvalue weighted by molar-refractivity contribution is 6.48. The minimum Gasteiger partial charge on any atom is -0.481 e. The first-order chi connectivity index (χ1) is 10.0. The van der Waals surface area contributed by atoms with Crippen molar-refractivity contribution in [2.24, 2.45) is 0 Å². The maximum Gasteiger partial charge on any atom is 0.466 e. The average molecular weight is 329 g/mol. The van der Waals surface area contributed by atoms with Crippen LogP contribution in [-0.2, 0) is 14.1 Å². The van der Waals surface area contributed by atoms with Crippen molar-refractivity contribution < 1.29 is 23.6 Å². The van der Waals surface area contributed by atoms with Crippen molar-refractivity contribution in [3.8, 4) is 0 Å². The number of aliphatic carboxylic acids is 1. The normalized spacial score (nSPS) is 20.9. The van der Waals surface area contributed by atoms with Crippen LogP contribution in [-0.4, -0.2) is 29.4 Å². The molecule has 1 aliphatic heterocycles. The molecule has 1 aliphatic rings. The molecule has 1 heterocycles. The summed E-state index contributed by atoms with van der Waals surface area (Å²) in [5.41, 5.74) is -0.566. The van der Waals surface area contributed by atoms with E-state index >= 15 is 0 Å². The molecule has 0 saturated carbocycles. The number of carboxylic acid groups (broad SMARTS) is 1. The number of halogens is 2. The molecular formula is C15H19BClFO4. The zero-order valence-corrected chi connectivity index (χ0v) is 13.8.